The van der Waals surface area contributed by atoms with Crippen LogP contribution in [0.15, 0.2) is 57.5 Å². The fourth-order valence-corrected chi connectivity index (χ4v) is 5.34. The summed E-state index contributed by atoms with van der Waals surface area (Å²) in [5.74, 6) is -1.95. The van der Waals surface area contributed by atoms with E-state index in [-0.39, 0.29) is 0 Å². The fraction of sp³-hybridized carbons (Fsp3) is 0.333. The highest BCUT2D eigenvalue weighted by Crippen LogP contribution is 2.31. The monoisotopic (exact) mass is 554 g/mol. The van der Waals surface area contributed by atoms with E-state index >= 15 is 0 Å². The Kier molecular flexibility index (Phi) is 8.24. The summed E-state index contributed by atoms with van der Waals surface area (Å²) in [7, 11) is -8.44. The minimum atomic E-state index is -4.22. The quantitative estimate of drug-likeness (QED) is 0.436. The SMILES string of the molecule is O=S(=O)(O)CC(CC[C@@H](CS(=O)(=O)O)c1ccc(Br)cc1)c1ccc(Br)cc1. The molecule has 2 N–H and O–H groups in total. The zero-order chi connectivity index (χ0) is 20.9. The summed E-state index contributed by atoms with van der Waals surface area (Å²) in [6.07, 6.45) is 0.634. The Morgan fingerprint density at radius 3 is 1.18 bits per heavy atom. The molecular formula is C18H20Br2O6S2. The minimum absolute atomic E-state index is 0.317. The van der Waals surface area contributed by atoms with Crippen molar-refractivity contribution in [2.45, 2.75) is 24.7 Å². The normalized spacial score (nSPS) is 14.6. The molecule has 0 aliphatic carbocycles. The molecule has 0 fully saturated rings. The summed E-state index contributed by atoms with van der Waals surface area (Å²) in [5.41, 5.74) is 1.45. The van der Waals surface area contributed by atoms with Crippen molar-refractivity contribution in [2.24, 2.45) is 0 Å². The zero-order valence-corrected chi connectivity index (χ0v) is 19.5. The van der Waals surface area contributed by atoms with Gasteiger partial charge in [-0.3, -0.25) is 9.11 Å². The Morgan fingerprint density at radius 2 is 0.929 bits per heavy atom. The van der Waals surface area contributed by atoms with Gasteiger partial charge in [-0.05, 0) is 48.2 Å². The van der Waals surface area contributed by atoms with Crippen molar-refractivity contribution in [1.82, 2.24) is 0 Å². The average Bonchev–Trinajstić information content (AvgIpc) is 2.57. The van der Waals surface area contributed by atoms with Gasteiger partial charge in [0.15, 0.2) is 0 Å². The summed E-state index contributed by atoms with van der Waals surface area (Å²) < 4.78 is 66.2. The third kappa shape index (κ3) is 8.30. The van der Waals surface area contributed by atoms with Crippen LogP contribution in [0.3, 0.4) is 0 Å². The van der Waals surface area contributed by atoms with Crippen LogP contribution in [0.1, 0.15) is 35.8 Å². The van der Waals surface area contributed by atoms with Crippen molar-refractivity contribution in [3.63, 3.8) is 0 Å². The molecule has 28 heavy (non-hydrogen) atoms. The van der Waals surface area contributed by atoms with Crippen molar-refractivity contribution in [3.8, 4) is 0 Å². The standard InChI is InChI=1S/C18H20Br2O6S2/c19-17-7-3-13(4-8-17)15(11-27(21,22)23)1-2-16(12-28(24,25)26)14-5-9-18(20)10-6-14/h3-10,15-16H,1-2,11-12H2,(H,21,22,23)(H,24,25,26)/t15-,16?/m0/s1. The van der Waals surface area contributed by atoms with Gasteiger partial charge in [0, 0.05) is 20.8 Å². The van der Waals surface area contributed by atoms with E-state index < -0.39 is 43.6 Å². The molecular weight excluding hydrogens is 536 g/mol. The van der Waals surface area contributed by atoms with Gasteiger partial charge in [-0.25, -0.2) is 0 Å². The molecule has 1 unspecified atom stereocenters. The Labute approximate surface area is 182 Å². The first kappa shape index (κ1) is 23.5. The van der Waals surface area contributed by atoms with E-state index in [2.05, 4.69) is 31.9 Å². The van der Waals surface area contributed by atoms with E-state index in [0.29, 0.717) is 12.8 Å². The van der Waals surface area contributed by atoms with Crippen LogP contribution in [-0.2, 0) is 20.2 Å². The second-order valence-corrected chi connectivity index (χ2v) is 11.4. The molecule has 0 radical (unpaired) electrons. The van der Waals surface area contributed by atoms with Gasteiger partial charge in [-0.15, -0.1) is 0 Å². The molecule has 2 atom stereocenters. The predicted molar refractivity (Wildman–Crippen MR) is 116 cm³/mol. The highest BCUT2D eigenvalue weighted by molar-refractivity contribution is 9.10. The molecule has 0 spiro atoms. The van der Waals surface area contributed by atoms with Crippen LogP contribution in [0.5, 0.6) is 0 Å². The molecule has 0 aliphatic heterocycles. The first-order valence-corrected chi connectivity index (χ1v) is 13.1. The van der Waals surface area contributed by atoms with Gasteiger partial charge in [0.1, 0.15) is 0 Å². The summed E-state index contributed by atoms with van der Waals surface area (Å²) in [5, 5.41) is 0. The number of halogens is 2. The molecule has 0 bridgehead atoms. The summed E-state index contributed by atoms with van der Waals surface area (Å²) in [6, 6.07) is 14.1. The molecule has 10 heteroatoms. The van der Waals surface area contributed by atoms with Gasteiger partial charge in [0.25, 0.3) is 20.2 Å². The number of rotatable bonds is 9. The Morgan fingerprint density at radius 1 is 0.643 bits per heavy atom. The van der Waals surface area contributed by atoms with E-state index in [0.717, 1.165) is 20.1 Å². The molecule has 154 valence electrons. The van der Waals surface area contributed by atoms with Crippen molar-refractivity contribution in [1.29, 1.82) is 0 Å². The lowest BCUT2D eigenvalue weighted by molar-refractivity contribution is 0.460. The van der Waals surface area contributed by atoms with Gasteiger partial charge in [-0.2, -0.15) is 16.8 Å². The molecule has 0 aliphatic rings. The fourth-order valence-electron chi connectivity index (χ4n) is 3.07. The smallest absolute Gasteiger partial charge is 0.265 e. The van der Waals surface area contributed by atoms with Crippen LogP contribution in [0.25, 0.3) is 0 Å². The first-order valence-electron chi connectivity index (χ1n) is 8.34. The molecule has 0 heterocycles. The molecule has 0 aromatic heterocycles. The third-order valence-electron chi connectivity index (χ3n) is 4.37. The van der Waals surface area contributed by atoms with E-state index in [1.807, 2.05) is 0 Å². The maximum absolute atomic E-state index is 11.5. The molecule has 6 nitrogen and oxygen atoms in total. The van der Waals surface area contributed by atoms with Gasteiger partial charge in [0.2, 0.25) is 0 Å². The Balaban J connectivity index is 2.26. The van der Waals surface area contributed by atoms with Gasteiger partial charge >= 0.3 is 0 Å². The Hall–Kier alpha value is -0.780. The lowest BCUT2D eigenvalue weighted by atomic mass is 9.89. The number of hydrogen-bond acceptors (Lipinski definition) is 4. The average molecular weight is 556 g/mol. The maximum atomic E-state index is 11.5. The summed E-state index contributed by atoms with van der Waals surface area (Å²) in [6.45, 7) is 0. The largest absolute Gasteiger partial charge is 0.286 e. The molecule has 0 amide bonds. The van der Waals surface area contributed by atoms with Gasteiger partial charge in [-0.1, -0.05) is 56.1 Å². The van der Waals surface area contributed by atoms with Gasteiger partial charge in [0.05, 0.1) is 11.5 Å². The third-order valence-corrected chi connectivity index (χ3v) is 7.07. The maximum Gasteiger partial charge on any atom is 0.265 e. The molecule has 2 aromatic carbocycles. The van der Waals surface area contributed by atoms with E-state index in [1.165, 1.54) is 0 Å². The summed E-state index contributed by atoms with van der Waals surface area (Å²) >= 11 is 6.64. The lowest BCUT2D eigenvalue weighted by Crippen LogP contribution is -2.18. The van der Waals surface area contributed by atoms with E-state index in [9.17, 15) is 25.9 Å². The number of benzene rings is 2. The first-order chi connectivity index (χ1) is 12.9. The van der Waals surface area contributed by atoms with Crippen LogP contribution in [-0.4, -0.2) is 37.4 Å². The predicted octanol–water partition coefficient (Wildman–Crippen LogP) is 4.63. The molecule has 2 aromatic rings. The Bertz CT molecular complexity index is 904. The van der Waals surface area contributed by atoms with E-state index in [4.69, 9.17) is 0 Å². The van der Waals surface area contributed by atoms with E-state index in [1.54, 1.807) is 48.5 Å². The molecule has 0 saturated heterocycles. The van der Waals surface area contributed by atoms with Crippen molar-refractivity contribution >= 4 is 52.1 Å². The second-order valence-electron chi connectivity index (χ2n) is 6.57. The van der Waals surface area contributed by atoms with Crippen molar-refractivity contribution in [2.75, 3.05) is 11.5 Å². The van der Waals surface area contributed by atoms with Crippen LogP contribution in [0.4, 0.5) is 0 Å². The van der Waals surface area contributed by atoms with Crippen LogP contribution >= 0.6 is 31.9 Å². The minimum Gasteiger partial charge on any atom is -0.286 e. The highest BCUT2D eigenvalue weighted by Gasteiger charge is 2.24. The van der Waals surface area contributed by atoms with Crippen molar-refractivity contribution in [3.05, 3.63) is 68.6 Å². The lowest BCUT2D eigenvalue weighted by Gasteiger charge is -2.21. The topological polar surface area (TPSA) is 109 Å². The second kappa shape index (κ2) is 9.82. The number of hydrogen-bond donors (Lipinski definition) is 2. The zero-order valence-electron chi connectivity index (χ0n) is 14.7. The molecule has 2 rings (SSSR count). The van der Waals surface area contributed by atoms with Crippen LogP contribution in [0, 0.1) is 0 Å². The highest BCUT2D eigenvalue weighted by atomic mass is 79.9. The molecule has 0 saturated carbocycles. The van der Waals surface area contributed by atoms with Crippen molar-refractivity contribution < 1.29 is 25.9 Å². The van der Waals surface area contributed by atoms with Gasteiger partial charge < -0.3 is 0 Å². The summed E-state index contributed by atoms with van der Waals surface area (Å²) in [4.78, 5) is 0. The van der Waals surface area contributed by atoms with Crippen LogP contribution < -0.4 is 0 Å². The van der Waals surface area contributed by atoms with Crippen LogP contribution in [0.2, 0.25) is 0 Å².